The Labute approximate surface area is 103 Å². The summed E-state index contributed by atoms with van der Waals surface area (Å²) >= 11 is 0. The zero-order valence-electron chi connectivity index (χ0n) is 12.2. The summed E-state index contributed by atoms with van der Waals surface area (Å²) < 4.78 is 11.6. The van der Waals surface area contributed by atoms with Crippen molar-refractivity contribution in [1.29, 1.82) is 0 Å². The summed E-state index contributed by atoms with van der Waals surface area (Å²) in [7, 11) is 1.66. The molecule has 3 heteroatoms. The van der Waals surface area contributed by atoms with E-state index in [-0.39, 0.29) is 5.41 Å². The number of rotatable bonds is 7. The first-order valence-corrected chi connectivity index (χ1v) is 8.66. The molecule has 0 aliphatic carbocycles. The maximum atomic E-state index is 5.81. The van der Waals surface area contributed by atoms with Gasteiger partial charge in [-0.25, -0.2) is 0 Å². The van der Waals surface area contributed by atoms with E-state index in [1.807, 2.05) is 14.2 Å². The Bertz CT molecular complexity index is 179. The molecular formula is C13H30O2Si. The zero-order valence-corrected chi connectivity index (χ0v) is 13.2. The lowest BCUT2D eigenvalue weighted by atomic mass is 10.0. The molecule has 98 valence electrons. The Morgan fingerprint density at radius 1 is 1.00 bits per heavy atom. The Balaban J connectivity index is 4.67. The van der Waals surface area contributed by atoms with Gasteiger partial charge in [0.2, 0.25) is 0 Å². The van der Waals surface area contributed by atoms with Gasteiger partial charge in [-0.1, -0.05) is 47.5 Å². The summed E-state index contributed by atoms with van der Waals surface area (Å²) in [5.74, 6) is 0.744. The molecule has 16 heavy (non-hydrogen) atoms. The summed E-state index contributed by atoms with van der Waals surface area (Å²) in [6.45, 7) is 11.3. The van der Waals surface area contributed by atoms with Crippen molar-refractivity contribution in [2.45, 2.75) is 59.5 Å². The topological polar surface area (TPSA) is 18.5 Å². The Morgan fingerprint density at radius 2 is 1.44 bits per heavy atom. The highest BCUT2D eigenvalue weighted by molar-refractivity contribution is 6.67. The Hall–Kier alpha value is 0.137. The second-order valence-electron chi connectivity index (χ2n) is 5.94. The van der Waals surface area contributed by atoms with Crippen LogP contribution >= 0.6 is 0 Å². The van der Waals surface area contributed by atoms with E-state index >= 15 is 0 Å². The van der Waals surface area contributed by atoms with E-state index in [1.165, 1.54) is 12.8 Å². The lowest BCUT2D eigenvalue weighted by Gasteiger charge is -2.35. The van der Waals surface area contributed by atoms with Crippen LogP contribution in [0.15, 0.2) is 0 Å². The van der Waals surface area contributed by atoms with Crippen molar-refractivity contribution >= 4 is 8.56 Å². The van der Waals surface area contributed by atoms with Gasteiger partial charge in [-0.3, -0.25) is 0 Å². The summed E-state index contributed by atoms with van der Waals surface area (Å²) in [6, 6.07) is 2.20. The highest BCUT2D eigenvalue weighted by Crippen LogP contribution is 2.34. The Kier molecular flexibility index (Phi) is 6.83. The third kappa shape index (κ3) is 5.46. The van der Waals surface area contributed by atoms with E-state index in [0.717, 1.165) is 18.0 Å². The van der Waals surface area contributed by atoms with Crippen molar-refractivity contribution in [2.75, 3.05) is 14.2 Å². The molecule has 0 fully saturated rings. The van der Waals surface area contributed by atoms with Crippen LogP contribution in [0.25, 0.3) is 0 Å². The smallest absolute Gasteiger partial charge is 0.338 e. The SMILES string of the molecule is CCC(CC)C[Si](CC(C)(C)C)(OC)OC. The molecular weight excluding hydrogens is 216 g/mol. The number of hydrogen-bond donors (Lipinski definition) is 0. The van der Waals surface area contributed by atoms with Gasteiger partial charge in [-0.2, -0.15) is 0 Å². The molecule has 0 atom stereocenters. The van der Waals surface area contributed by atoms with Crippen LogP contribution < -0.4 is 0 Å². The fraction of sp³-hybridized carbons (Fsp3) is 1.00. The lowest BCUT2D eigenvalue weighted by molar-refractivity contribution is 0.215. The van der Waals surface area contributed by atoms with E-state index in [2.05, 4.69) is 34.6 Å². The van der Waals surface area contributed by atoms with Gasteiger partial charge < -0.3 is 8.85 Å². The van der Waals surface area contributed by atoms with Crippen molar-refractivity contribution in [3.05, 3.63) is 0 Å². The second kappa shape index (κ2) is 6.77. The first kappa shape index (κ1) is 16.1. The van der Waals surface area contributed by atoms with Crippen molar-refractivity contribution in [1.82, 2.24) is 0 Å². The van der Waals surface area contributed by atoms with Crippen LogP contribution in [0.2, 0.25) is 12.1 Å². The van der Waals surface area contributed by atoms with Gasteiger partial charge >= 0.3 is 8.56 Å². The van der Waals surface area contributed by atoms with E-state index in [0.29, 0.717) is 0 Å². The molecule has 0 amide bonds. The maximum absolute atomic E-state index is 5.81. The first-order valence-electron chi connectivity index (χ1n) is 6.42. The summed E-state index contributed by atoms with van der Waals surface area (Å²) in [6.07, 6.45) is 2.45. The normalized spacial score (nSPS) is 13.5. The molecule has 0 aliphatic heterocycles. The van der Waals surface area contributed by atoms with Crippen molar-refractivity contribution in [3.8, 4) is 0 Å². The second-order valence-corrected chi connectivity index (χ2v) is 9.34. The molecule has 0 bridgehead atoms. The molecule has 0 saturated heterocycles. The molecule has 0 aromatic carbocycles. The van der Waals surface area contributed by atoms with E-state index in [9.17, 15) is 0 Å². The molecule has 0 heterocycles. The molecule has 0 saturated carbocycles. The minimum absolute atomic E-state index is 0.282. The predicted molar refractivity (Wildman–Crippen MR) is 72.9 cm³/mol. The van der Waals surface area contributed by atoms with Crippen LogP contribution in [-0.2, 0) is 8.85 Å². The van der Waals surface area contributed by atoms with E-state index in [1.54, 1.807) is 0 Å². The molecule has 2 nitrogen and oxygen atoms in total. The van der Waals surface area contributed by atoms with Crippen LogP contribution in [0.1, 0.15) is 47.5 Å². The molecule has 0 aromatic rings. The fourth-order valence-corrected chi connectivity index (χ4v) is 6.30. The minimum atomic E-state index is -1.98. The molecule has 0 N–H and O–H groups in total. The highest BCUT2D eigenvalue weighted by atomic mass is 28.4. The monoisotopic (exact) mass is 246 g/mol. The summed E-state index contributed by atoms with van der Waals surface area (Å²) in [5.41, 5.74) is 0.282. The molecule has 0 aliphatic rings. The lowest BCUT2D eigenvalue weighted by Crippen LogP contribution is -2.44. The van der Waals surface area contributed by atoms with Gasteiger partial charge in [0.05, 0.1) is 0 Å². The standard InChI is InChI=1S/C13H30O2Si/c1-8-12(9-2)10-16(14-6,15-7)11-13(3,4)5/h12H,8-11H2,1-7H3. The molecule has 0 radical (unpaired) electrons. The summed E-state index contributed by atoms with van der Waals surface area (Å²) in [5, 5.41) is 0. The molecule has 0 unspecified atom stereocenters. The van der Waals surface area contributed by atoms with Gasteiger partial charge in [-0.15, -0.1) is 0 Å². The average molecular weight is 246 g/mol. The van der Waals surface area contributed by atoms with Crippen LogP contribution in [0.4, 0.5) is 0 Å². The van der Waals surface area contributed by atoms with E-state index < -0.39 is 8.56 Å². The van der Waals surface area contributed by atoms with Gasteiger partial charge in [-0.05, 0) is 23.4 Å². The third-order valence-corrected chi connectivity index (χ3v) is 7.58. The van der Waals surface area contributed by atoms with Crippen LogP contribution in [0, 0.1) is 11.3 Å². The fourth-order valence-electron chi connectivity index (χ4n) is 2.29. The highest BCUT2D eigenvalue weighted by Gasteiger charge is 2.40. The van der Waals surface area contributed by atoms with Crippen molar-refractivity contribution in [2.24, 2.45) is 11.3 Å². The van der Waals surface area contributed by atoms with Crippen LogP contribution in [0.5, 0.6) is 0 Å². The van der Waals surface area contributed by atoms with Gasteiger partial charge in [0.15, 0.2) is 0 Å². The Morgan fingerprint density at radius 3 is 1.69 bits per heavy atom. The maximum Gasteiger partial charge on any atom is 0.338 e. The van der Waals surface area contributed by atoms with Crippen LogP contribution in [-0.4, -0.2) is 22.8 Å². The van der Waals surface area contributed by atoms with Crippen molar-refractivity contribution < 1.29 is 8.85 Å². The number of hydrogen-bond acceptors (Lipinski definition) is 2. The van der Waals surface area contributed by atoms with E-state index in [4.69, 9.17) is 8.85 Å². The average Bonchev–Trinajstić information content (AvgIpc) is 2.22. The molecule has 0 rings (SSSR count). The third-order valence-electron chi connectivity index (χ3n) is 3.30. The van der Waals surface area contributed by atoms with Gasteiger partial charge in [0.25, 0.3) is 0 Å². The minimum Gasteiger partial charge on any atom is -0.398 e. The van der Waals surface area contributed by atoms with Crippen LogP contribution in [0.3, 0.4) is 0 Å². The van der Waals surface area contributed by atoms with Gasteiger partial charge in [0.1, 0.15) is 0 Å². The largest absolute Gasteiger partial charge is 0.398 e. The zero-order chi connectivity index (χ0) is 12.8. The first-order chi connectivity index (χ1) is 7.32. The predicted octanol–water partition coefficient (Wildman–Crippen LogP) is 4.20. The summed E-state index contributed by atoms with van der Waals surface area (Å²) in [4.78, 5) is 0. The molecule has 0 spiro atoms. The molecule has 0 aromatic heterocycles. The van der Waals surface area contributed by atoms with Crippen molar-refractivity contribution in [3.63, 3.8) is 0 Å². The van der Waals surface area contributed by atoms with Gasteiger partial charge in [0, 0.05) is 14.2 Å². The quantitative estimate of drug-likeness (QED) is 0.627.